The maximum Gasteiger partial charge on any atom is 0.263 e. The van der Waals surface area contributed by atoms with Crippen molar-refractivity contribution in [2.75, 3.05) is 6.26 Å². The molecule has 4 nitrogen and oxygen atoms in total. The molecule has 0 fully saturated rings. The first-order valence-electron chi connectivity index (χ1n) is 8.62. The van der Waals surface area contributed by atoms with Crippen molar-refractivity contribution in [1.82, 2.24) is 4.98 Å². The van der Waals surface area contributed by atoms with Crippen LogP contribution in [0, 0.1) is 0 Å². The molecule has 1 aromatic heterocycles. The highest BCUT2D eigenvalue weighted by Gasteiger charge is 2.17. The van der Waals surface area contributed by atoms with E-state index in [-0.39, 0.29) is 38.9 Å². The normalized spacial score (nSPS) is 11.7. The van der Waals surface area contributed by atoms with Crippen molar-refractivity contribution in [2.24, 2.45) is 0 Å². The summed E-state index contributed by atoms with van der Waals surface area (Å²) in [5.74, 6) is -0.331. The number of Topliss-reactive ketones (excluding diaryl/α,β-unsaturated/α-hetero) is 1. The van der Waals surface area contributed by atoms with Crippen LogP contribution in [-0.2, 0) is 16.3 Å². The molecule has 0 spiro atoms. The predicted octanol–water partition coefficient (Wildman–Crippen LogP) is 5.82. The molecule has 0 radical (unpaired) electrons. The van der Waals surface area contributed by atoms with Gasteiger partial charge in [0.15, 0.2) is 15.6 Å². The molecule has 0 aliphatic rings. The fraction of sp³-hybridized carbons (Fsp3) is 0.143. The van der Waals surface area contributed by atoms with E-state index < -0.39 is 16.3 Å². The molecule has 9 heteroatoms. The van der Waals surface area contributed by atoms with Gasteiger partial charge in [0, 0.05) is 40.6 Å². The molecule has 1 heterocycles. The van der Waals surface area contributed by atoms with Gasteiger partial charge in [-0.25, -0.2) is 17.2 Å². The molecular weight excluding hydrogens is 455 g/mol. The second-order valence-corrected chi connectivity index (χ2v) is 9.43. The standard InChI is InChI=1S/C21H15Cl2F2NO3S/c1-30(28,29)14-3-4-15(18(23)11-14)20(27)9-12-2-5-17(22)16(8-12)19-10-13(21(24)25)6-7-26-19/h2-8,10-11,21H,9H2,1H3. The van der Waals surface area contributed by atoms with Crippen molar-refractivity contribution >= 4 is 38.8 Å². The van der Waals surface area contributed by atoms with Crippen LogP contribution in [-0.4, -0.2) is 25.4 Å². The number of benzene rings is 2. The van der Waals surface area contributed by atoms with Crippen molar-refractivity contribution in [2.45, 2.75) is 17.7 Å². The van der Waals surface area contributed by atoms with Crippen LogP contribution >= 0.6 is 23.2 Å². The topological polar surface area (TPSA) is 64.1 Å². The van der Waals surface area contributed by atoms with Gasteiger partial charge in [-0.05, 0) is 48.0 Å². The maximum absolute atomic E-state index is 13.0. The van der Waals surface area contributed by atoms with E-state index in [1.807, 2.05) is 0 Å². The van der Waals surface area contributed by atoms with E-state index >= 15 is 0 Å². The molecule has 0 bridgehead atoms. The van der Waals surface area contributed by atoms with E-state index in [1.165, 1.54) is 36.5 Å². The Morgan fingerprint density at radius 2 is 1.77 bits per heavy atom. The van der Waals surface area contributed by atoms with Gasteiger partial charge in [-0.2, -0.15) is 0 Å². The molecule has 0 aliphatic carbocycles. The average molecular weight is 470 g/mol. The molecule has 0 atom stereocenters. The molecular formula is C21H15Cl2F2NO3S. The smallest absolute Gasteiger partial charge is 0.263 e. The van der Waals surface area contributed by atoms with Crippen LogP contribution in [0.4, 0.5) is 8.78 Å². The number of carbonyl (C=O) groups excluding carboxylic acids is 1. The van der Waals surface area contributed by atoms with Crippen molar-refractivity contribution in [3.8, 4) is 11.3 Å². The first-order valence-corrected chi connectivity index (χ1v) is 11.3. The molecule has 30 heavy (non-hydrogen) atoms. The third kappa shape index (κ3) is 5.03. The summed E-state index contributed by atoms with van der Waals surface area (Å²) in [5, 5.41) is 0.337. The fourth-order valence-electron chi connectivity index (χ4n) is 2.84. The molecule has 0 saturated carbocycles. The Kier molecular flexibility index (Phi) is 6.55. The largest absolute Gasteiger partial charge is 0.294 e. The Balaban J connectivity index is 1.91. The molecule has 0 aliphatic heterocycles. The summed E-state index contributed by atoms with van der Waals surface area (Å²) < 4.78 is 49.2. The summed E-state index contributed by atoms with van der Waals surface area (Å²) in [6.45, 7) is 0. The summed E-state index contributed by atoms with van der Waals surface area (Å²) in [7, 11) is -3.45. The number of alkyl halides is 2. The quantitative estimate of drug-likeness (QED) is 0.426. The molecule has 0 N–H and O–H groups in total. The Morgan fingerprint density at radius 3 is 2.40 bits per heavy atom. The first-order chi connectivity index (χ1) is 14.1. The number of hydrogen-bond donors (Lipinski definition) is 0. The van der Waals surface area contributed by atoms with Gasteiger partial charge in [0.1, 0.15) is 0 Å². The van der Waals surface area contributed by atoms with E-state index in [4.69, 9.17) is 23.2 Å². The summed E-state index contributed by atoms with van der Waals surface area (Å²) in [6.07, 6.45) is -0.371. The fourth-order valence-corrected chi connectivity index (χ4v) is 4.05. The van der Waals surface area contributed by atoms with Gasteiger partial charge in [0.05, 0.1) is 15.6 Å². The van der Waals surface area contributed by atoms with Crippen molar-refractivity contribution < 1.29 is 22.0 Å². The Hall–Kier alpha value is -2.35. The predicted molar refractivity (Wildman–Crippen MR) is 112 cm³/mol. The second-order valence-electron chi connectivity index (χ2n) is 6.60. The highest BCUT2D eigenvalue weighted by Crippen LogP contribution is 2.31. The molecule has 3 aromatic rings. The van der Waals surface area contributed by atoms with Gasteiger partial charge in [-0.1, -0.05) is 29.3 Å². The maximum atomic E-state index is 13.0. The lowest BCUT2D eigenvalue weighted by Crippen LogP contribution is -2.06. The highest BCUT2D eigenvalue weighted by molar-refractivity contribution is 7.90. The van der Waals surface area contributed by atoms with E-state index in [9.17, 15) is 22.0 Å². The third-order valence-corrected chi connectivity index (χ3v) is 6.13. The number of ketones is 1. The second kappa shape index (κ2) is 8.79. The first kappa shape index (κ1) is 22.3. The minimum Gasteiger partial charge on any atom is -0.294 e. The van der Waals surface area contributed by atoms with Gasteiger partial charge >= 0.3 is 0 Å². The highest BCUT2D eigenvalue weighted by atomic mass is 35.5. The lowest BCUT2D eigenvalue weighted by molar-refractivity contribution is 0.0993. The van der Waals surface area contributed by atoms with Crippen LogP contribution in [0.3, 0.4) is 0 Å². The van der Waals surface area contributed by atoms with Crippen molar-refractivity contribution in [1.29, 1.82) is 0 Å². The number of aromatic nitrogens is 1. The van der Waals surface area contributed by atoms with E-state index in [0.717, 1.165) is 6.26 Å². The van der Waals surface area contributed by atoms with Gasteiger partial charge < -0.3 is 0 Å². The zero-order chi connectivity index (χ0) is 22.1. The molecule has 0 saturated heterocycles. The lowest BCUT2D eigenvalue weighted by Gasteiger charge is -2.10. The van der Waals surface area contributed by atoms with E-state index in [0.29, 0.717) is 16.1 Å². The SMILES string of the molecule is CS(=O)(=O)c1ccc(C(=O)Cc2ccc(Cl)c(-c3cc(C(F)F)ccn3)c2)c(Cl)c1. The number of carbonyl (C=O) groups is 1. The molecule has 0 unspecified atom stereocenters. The van der Waals surface area contributed by atoms with Crippen LogP contribution in [0.15, 0.2) is 59.6 Å². The van der Waals surface area contributed by atoms with Crippen LogP contribution < -0.4 is 0 Å². The number of pyridine rings is 1. The minimum absolute atomic E-state index is 0.0165. The van der Waals surface area contributed by atoms with Crippen molar-refractivity contribution in [3.63, 3.8) is 0 Å². The van der Waals surface area contributed by atoms with Gasteiger partial charge in [0.2, 0.25) is 0 Å². The lowest BCUT2D eigenvalue weighted by atomic mass is 9.99. The van der Waals surface area contributed by atoms with Crippen LogP contribution in [0.25, 0.3) is 11.3 Å². The Bertz CT molecular complexity index is 1230. The average Bonchev–Trinajstić information content (AvgIpc) is 2.68. The van der Waals surface area contributed by atoms with Crippen LogP contribution in [0.5, 0.6) is 0 Å². The van der Waals surface area contributed by atoms with Crippen LogP contribution in [0.2, 0.25) is 10.0 Å². The number of hydrogen-bond acceptors (Lipinski definition) is 4. The van der Waals surface area contributed by atoms with Gasteiger partial charge in [-0.3, -0.25) is 9.78 Å². The van der Waals surface area contributed by atoms with Gasteiger partial charge in [0.25, 0.3) is 6.43 Å². The number of sulfone groups is 1. The van der Waals surface area contributed by atoms with Crippen molar-refractivity contribution in [3.05, 3.63) is 81.5 Å². The van der Waals surface area contributed by atoms with Crippen LogP contribution in [0.1, 0.15) is 27.9 Å². The minimum atomic E-state index is -3.45. The zero-order valence-electron chi connectivity index (χ0n) is 15.6. The molecule has 0 amide bonds. The van der Waals surface area contributed by atoms with E-state index in [2.05, 4.69) is 4.98 Å². The van der Waals surface area contributed by atoms with E-state index in [1.54, 1.807) is 18.2 Å². The molecule has 156 valence electrons. The monoisotopic (exact) mass is 469 g/mol. The number of rotatable bonds is 6. The summed E-state index contributed by atoms with van der Waals surface area (Å²) >= 11 is 12.3. The number of nitrogens with zero attached hydrogens (tertiary/aromatic N) is 1. The Labute approximate surface area is 182 Å². The summed E-state index contributed by atoms with van der Waals surface area (Å²) in [5.41, 5.74) is 1.26. The zero-order valence-corrected chi connectivity index (χ0v) is 17.9. The number of halogens is 4. The summed E-state index contributed by atoms with van der Waals surface area (Å²) in [4.78, 5) is 16.8. The van der Waals surface area contributed by atoms with Gasteiger partial charge in [-0.15, -0.1) is 0 Å². The Morgan fingerprint density at radius 1 is 1.03 bits per heavy atom. The third-order valence-electron chi connectivity index (χ3n) is 4.38. The summed E-state index contributed by atoms with van der Waals surface area (Å²) in [6, 6.07) is 11.2. The molecule has 3 rings (SSSR count). The molecule has 2 aromatic carbocycles.